The molecule has 0 fully saturated rings. The lowest BCUT2D eigenvalue weighted by Crippen LogP contribution is -2.05. The van der Waals surface area contributed by atoms with Crippen LogP contribution in [0.4, 0.5) is 11.4 Å². The number of fused-ring (bicyclic) bond motifs is 1. The van der Waals surface area contributed by atoms with E-state index >= 15 is 0 Å². The molecule has 1 amide bonds. The molecule has 1 aromatic heterocycles. The number of nitrogens with one attached hydrogen (secondary N) is 1. The van der Waals surface area contributed by atoms with Gasteiger partial charge in [0.15, 0.2) is 3.95 Å². The maximum Gasteiger partial charge on any atom is 0.221 e. The molecule has 7 heteroatoms. The summed E-state index contributed by atoms with van der Waals surface area (Å²) in [6.45, 7) is 1.46. The topological polar surface area (TPSA) is 66.6 Å². The molecule has 0 aliphatic carbocycles. The minimum atomic E-state index is -0.134. The van der Waals surface area contributed by atoms with Crippen LogP contribution in [0.5, 0.6) is 5.88 Å². The molecule has 1 aliphatic rings. The molecular weight excluding hydrogens is 378 g/mol. The standard InChI is InChI=1S/C20H15N3O2S2/c1-12(24)22-14-6-8-15(9-7-14)23-19(25)18(27-20(23)26)10-13-11-21-17-5-3-2-4-16(13)17/h2-11,25H,1H3,(H,22,24)/b13-10-. The van der Waals surface area contributed by atoms with Crippen molar-refractivity contribution in [3.05, 3.63) is 62.9 Å². The fourth-order valence-electron chi connectivity index (χ4n) is 2.90. The smallest absolute Gasteiger partial charge is 0.221 e. The number of aromatic nitrogens is 1. The molecule has 27 heavy (non-hydrogen) atoms. The number of carbonyl (C=O) groups excluding carboxylic acids is 1. The Kier molecular flexibility index (Phi) is 4.47. The zero-order valence-electron chi connectivity index (χ0n) is 14.3. The highest BCUT2D eigenvalue weighted by Crippen LogP contribution is 2.36. The van der Waals surface area contributed by atoms with Gasteiger partial charge in [0.2, 0.25) is 11.8 Å². The van der Waals surface area contributed by atoms with E-state index in [4.69, 9.17) is 12.2 Å². The Morgan fingerprint density at radius 2 is 1.96 bits per heavy atom. The summed E-state index contributed by atoms with van der Waals surface area (Å²) < 4.78 is 2.15. The van der Waals surface area contributed by atoms with Gasteiger partial charge in [-0.3, -0.25) is 14.4 Å². The number of aromatic hydroxyl groups is 1. The lowest BCUT2D eigenvalue weighted by Gasteiger charge is -2.07. The molecule has 4 rings (SSSR count). The van der Waals surface area contributed by atoms with Gasteiger partial charge in [-0.1, -0.05) is 18.2 Å². The summed E-state index contributed by atoms with van der Waals surface area (Å²) >= 11 is 6.78. The van der Waals surface area contributed by atoms with Crippen molar-refractivity contribution >= 4 is 58.7 Å². The van der Waals surface area contributed by atoms with Gasteiger partial charge in [0.05, 0.1) is 16.3 Å². The Bertz CT molecular complexity index is 1150. The van der Waals surface area contributed by atoms with Gasteiger partial charge < -0.3 is 10.4 Å². The number of carbonyl (C=O) groups is 1. The number of hydrogen-bond donors (Lipinski definition) is 2. The van der Waals surface area contributed by atoms with Crippen molar-refractivity contribution in [2.75, 3.05) is 5.32 Å². The van der Waals surface area contributed by atoms with Gasteiger partial charge in [-0.2, -0.15) is 0 Å². The van der Waals surface area contributed by atoms with E-state index in [1.807, 2.05) is 30.3 Å². The summed E-state index contributed by atoms with van der Waals surface area (Å²) in [4.78, 5) is 16.2. The molecule has 2 heterocycles. The molecule has 1 aliphatic heterocycles. The van der Waals surface area contributed by atoms with Crippen LogP contribution in [-0.2, 0) is 4.79 Å². The second-order valence-corrected chi connectivity index (χ2v) is 7.67. The number of thiazole rings is 1. The van der Waals surface area contributed by atoms with Crippen molar-refractivity contribution in [1.29, 1.82) is 0 Å². The number of aliphatic imine (C=N–C) groups is 1. The second-order valence-electron chi connectivity index (χ2n) is 5.99. The molecule has 0 saturated carbocycles. The maximum absolute atomic E-state index is 11.1. The summed E-state index contributed by atoms with van der Waals surface area (Å²) in [6.07, 6.45) is 3.69. The number of rotatable bonds is 3. The van der Waals surface area contributed by atoms with Crippen LogP contribution in [0.2, 0.25) is 0 Å². The van der Waals surface area contributed by atoms with E-state index in [0.29, 0.717) is 14.5 Å². The minimum absolute atomic E-state index is 0.0857. The second kappa shape index (κ2) is 6.94. The number of anilines is 1. The number of nitrogens with zero attached hydrogens (tertiary/aromatic N) is 2. The summed E-state index contributed by atoms with van der Waals surface area (Å²) in [5.41, 5.74) is 4.30. The third-order valence-corrected chi connectivity index (χ3v) is 5.41. The van der Waals surface area contributed by atoms with Crippen LogP contribution in [-0.4, -0.2) is 21.8 Å². The number of allylic oxidation sites excluding steroid dienone is 1. The van der Waals surface area contributed by atoms with Crippen LogP contribution in [0.25, 0.3) is 17.3 Å². The van der Waals surface area contributed by atoms with Crippen LogP contribution in [0, 0.1) is 3.95 Å². The highest BCUT2D eigenvalue weighted by Gasteiger charge is 2.16. The SMILES string of the molecule is CC(=O)Nc1ccc(-n2c(O)c(/C=C3/C=Nc4ccccc43)sc2=S)cc1. The van der Waals surface area contributed by atoms with Crippen LogP contribution in [0.3, 0.4) is 0 Å². The van der Waals surface area contributed by atoms with E-state index in [1.54, 1.807) is 35.0 Å². The van der Waals surface area contributed by atoms with Crippen LogP contribution >= 0.6 is 23.6 Å². The number of amides is 1. The highest BCUT2D eigenvalue weighted by atomic mass is 32.1. The third kappa shape index (κ3) is 3.34. The van der Waals surface area contributed by atoms with Crippen LogP contribution in [0.1, 0.15) is 17.4 Å². The van der Waals surface area contributed by atoms with Crippen molar-refractivity contribution in [3.63, 3.8) is 0 Å². The minimum Gasteiger partial charge on any atom is -0.493 e. The largest absolute Gasteiger partial charge is 0.493 e. The first-order valence-corrected chi connectivity index (χ1v) is 9.43. The van der Waals surface area contributed by atoms with Crippen molar-refractivity contribution in [1.82, 2.24) is 4.57 Å². The molecule has 0 saturated heterocycles. The molecule has 5 nitrogen and oxygen atoms in total. The molecule has 134 valence electrons. The Hall–Kier alpha value is -3.03. The van der Waals surface area contributed by atoms with Gasteiger partial charge in [0.25, 0.3) is 0 Å². The molecule has 3 aromatic rings. The molecule has 2 N–H and O–H groups in total. The van der Waals surface area contributed by atoms with Crippen LogP contribution < -0.4 is 5.32 Å². The summed E-state index contributed by atoms with van der Waals surface area (Å²) in [5, 5.41) is 13.5. The predicted molar refractivity (Wildman–Crippen MR) is 113 cm³/mol. The van der Waals surface area contributed by atoms with Gasteiger partial charge in [-0.15, -0.1) is 11.3 Å². The van der Waals surface area contributed by atoms with E-state index < -0.39 is 0 Å². The molecule has 0 radical (unpaired) electrons. The summed E-state index contributed by atoms with van der Waals surface area (Å²) in [6, 6.07) is 15.0. The predicted octanol–water partition coefficient (Wildman–Crippen LogP) is 5.19. The number of hydrogen-bond acceptors (Lipinski definition) is 5. The van der Waals surface area contributed by atoms with Gasteiger partial charge in [0.1, 0.15) is 0 Å². The molecule has 0 bridgehead atoms. The van der Waals surface area contributed by atoms with Gasteiger partial charge in [-0.25, -0.2) is 0 Å². The molecular formula is C20H15N3O2S2. The Labute approximate surface area is 165 Å². The molecule has 0 atom stereocenters. The fraction of sp³-hybridized carbons (Fsp3) is 0.0500. The maximum atomic E-state index is 11.1. The highest BCUT2D eigenvalue weighted by molar-refractivity contribution is 7.73. The van der Waals surface area contributed by atoms with Crippen LogP contribution in [0.15, 0.2) is 53.5 Å². The van der Waals surface area contributed by atoms with Gasteiger partial charge >= 0.3 is 0 Å². The van der Waals surface area contributed by atoms with Crippen molar-refractivity contribution in [2.45, 2.75) is 6.92 Å². The molecule has 0 unspecified atom stereocenters. The average molecular weight is 393 g/mol. The Morgan fingerprint density at radius 3 is 2.70 bits per heavy atom. The van der Waals surface area contributed by atoms with E-state index in [1.165, 1.54) is 18.3 Å². The van der Waals surface area contributed by atoms with E-state index in [0.717, 1.165) is 22.5 Å². The Morgan fingerprint density at radius 1 is 1.22 bits per heavy atom. The molecule has 0 spiro atoms. The number of para-hydroxylation sites is 1. The Balaban J connectivity index is 1.71. The van der Waals surface area contributed by atoms with E-state index in [2.05, 4.69) is 10.3 Å². The third-order valence-electron chi connectivity index (χ3n) is 4.10. The fourth-order valence-corrected chi connectivity index (χ4v) is 4.20. The molecule has 2 aromatic carbocycles. The summed E-state index contributed by atoms with van der Waals surface area (Å²) in [7, 11) is 0. The summed E-state index contributed by atoms with van der Waals surface area (Å²) in [5.74, 6) is -0.0484. The van der Waals surface area contributed by atoms with Crippen molar-refractivity contribution in [2.24, 2.45) is 4.99 Å². The first-order chi connectivity index (χ1) is 13.0. The van der Waals surface area contributed by atoms with E-state index in [9.17, 15) is 9.90 Å². The zero-order chi connectivity index (χ0) is 19.0. The first kappa shape index (κ1) is 17.4. The monoisotopic (exact) mass is 393 g/mol. The quantitative estimate of drug-likeness (QED) is 0.602. The number of benzene rings is 2. The van der Waals surface area contributed by atoms with Crippen molar-refractivity contribution < 1.29 is 9.90 Å². The van der Waals surface area contributed by atoms with Gasteiger partial charge in [-0.05, 0) is 48.6 Å². The lowest BCUT2D eigenvalue weighted by atomic mass is 10.1. The van der Waals surface area contributed by atoms with E-state index in [-0.39, 0.29) is 11.8 Å². The van der Waals surface area contributed by atoms with Crippen molar-refractivity contribution in [3.8, 4) is 11.6 Å². The average Bonchev–Trinajstić information content (AvgIpc) is 3.17. The lowest BCUT2D eigenvalue weighted by molar-refractivity contribution is -0.114. The first-order valence-electron chi connectivity index (χ1n) is 8.21. The zero-order valence-corrected chi connectivity index (χ0v) is 16.0. The van der Waals surface area contributed by atoms with Gasteiger partial charge in [0, 0.05) is 30.0 Å². The normalized spacial score (nSPS) is 13.7.